The highest BCUT2D eigenvalue weighted by molar-refractivity contribution is 5.07. The zero-order valence-electron chi connectivity index (χ0n) is 22.9. The Bertz CT molecular complexity index is 687. The Kier molecular flexibility index (Phi) is 17.9. The van der Waals surface area contributed by atoms with Gasteiger partial charge in [0.05, 0.1) is 39.6 Å². The summed E-state index contributed by atoms with van der Waals surface area (Å²) >= 11 is 0. The molecule has 0 N–H and O–H groups in total. The second-order valence-corrected chi connectivity index (χ2v) is 9.25. The zero-order chi connectivity index (χ0) is 25.5. The lowest BCUT2D eigenvalue weighted by Crippen LogP contribution is -2.35. The molecule has 36 heavy (non-hydrogen) atoms. The van der Waals surface area contributed by atoms with Crippen molar-refractivity contribution in [3.05, 3.63) is 60.2 Å². The summed E-state index contributed by atoms with van der Waals surface area (Å²) in [4.78, 5) is 0. The van der Waals surface area contributed by atoms with E-state index in [0.717, 1.165) is 13.1 Å². The highest BCUT2D eigenvalue weighted by Crippen LogP contribution is 2.05. The predicted molar refractivity (Wildman–Crippen MR) is 143 cm³/mol. The van der Waals surface area contributed by atoms with Gasteiger partial charge in [-0.25, -0.2) is 9.13 Å². The van der Waals surface area contributed by atoms with Crippen molar-refractivity contribution in [3.8, 4) is 0 Å². The van der Waals surface area contributed by atoms with E-state index in [1.165, 1.54) is 62.5 Å². The standard InChI is InChI=1S/C30H50N2O4/c1-3-5-7-9-29-11-15-31(16-12-29)19-21-33-23-25-35-27-28-36-26-24-34-22-20-32-17-13-30(14-18-32)10-8-6-4-2/h11-18H,3-10,19-28H2,1-2H3/q+2. The molecule has 2 aromatic rings. The molecule has 0 amide bonds. The summed E-state index contributed by atoms with van der Waals surface area (Å²) in [7, 11) is 0. The first kappa shape index (κ1) is 30.4. The average Bonchev–Trinajstić information content (AvgIpc) is 2.91. The monoisotopic (exact) mass is 502 g/mol. The van der Waals surface area contributed by atoms with Crippen LogP contribution in [-0.4, -0.2) is 52.9 Å². The minimum absolute atomic E-state index is 0.581. The van der Waals surface area contributed by atoms with Crippen molar-refractivity contribution in [2.24, 2.45) is 0 Å². The van der Waals surface area contributed by atoms with Crippen molar-refractivity contribution in [3.63, 3.8) is 0 Å². The van der Waals surface area contributed by atoms with Gasteiger partial charge in [0.25, 0.3) is 0 Å². The fraction of sp³-hybridized carbons (Fsp3) is 0.667. The Morgan fingerprint density at radius 2 is 0.806 bits per heavy atom. The normalized spacial score (nSPS) is 11.3. The van der Waals surface area contributed by atoms with Crippen molar-refractivity contribution in [2.75, 3.05) is 52.9 Å². The second kappa shape index (κ2) is 21.2. The molecule has 0 spiro atoms. The molecule has 0 aliphatic rings. The van der Waals surface area contributed by atoms with Crippen LogP contribution in [0.4, 0.5) is 0 Å². The van der Waals surface area contributed by atoms with Crippen LogP contribution in [0, 0.1) is 0 Å². The molecule has 6 heteroatoms. The van der Waals surface area contributed by atoms with Crippen LogP contribution in [0.1, 0.15) is 63.5 Å². The van der Waals surface area contributed by atoms with E-state index < -0.39 is 0 Å². The highest BCUT2D eigenvalue weighted by atomic mass is 16.6. The van der Waals surface area contributed by atoms with Gasteiger partial charge in [-0.3, -0.25) is 0 Å². The van der Waals surface area contributed by atoms with Gasteiger partial charge in [-0.2, -0.15) is 0 Å². The quantitative estimate of drug-likeness (QED) is 0.166. The van der Waals surface area contributed by atoms with E-state index in [1.54, 1.807) is 0 Å². The van der Waals surface area contributed by atoms with Crippen LogP contribution in [0.15, 0.2) is 49.1 Å². The smallest absolute Gasteiger partial charge is 0.171 e. The molecule has 2 rings (SSSR count). The zero-order valence-corrected chi connectivity index (χ0v) is 22.9. The van der Waals surface area contributed by atoms with Crippen LogP contribution in [0.2, 0.25) is 0 Å². The number of aryl methyl sites for hydroxylation is 2. The third-order valence-corrected chi connectivity index (χ3v) is 6.16. The van der Waals surface area contributed by atoms with Crippen molar-refractivity contribution in [1.82, 2.24) is 0 Å². The third kappa shape index (κ3) is 15.3. The Hall–Kier alpha value is -1.86. The molecule has 0 saturated carbocycles. The maximum absolute atomic E-state index is 5.68. The lowest BCUT2D eigenvalue weighted by Gasteiger charge is -2.07. The second-order valence-electron chi connectivity index (χ2n) is 9.25. The molecular weight excluding hydrogens is 452 g/mol. The molecule has 0 aromatic carbocycles. The van der Waals surface area contributed by atoms with E-state index >= 15 is 0 Å². The van der Waals surface area contributed by atoms with Gasteiger partial charge >= 0.3 is 0 Å². The number of aromatic nitrogens is 2. The van der Waals surface area contributed by atoms with Crippen molar-refractivity contribution in [2.45, 2.75) is 78.3 Å². The van der Waals surface area contributed by atoms with Crippen LogP contribution in [0.25, 0.3) is 0 Å². The van der Waals surface area contributed by atoms with Gasteiger partial charge in [0.1, 0.15) is 13.2 Å². The number of hydrogen-bond donors (Lipinski definition) is 0. The van der Waals surface area contributed by atoms with Gasteiger partial charge in [-0.05, 0) is 36.8 Å². The van der Waals surface area contributed by atoms with Gasteiger partial charge in [0.15, 0.2) is 37.9 Å². The summed E-state index contributed by atoms with van der Waals surface area (Å²) < 4.78 is 26.8. The highest BCUT2D eigenvalue weighted by Gasteiger charge is 2.03. The van der Waals surface area contributed by atoms with Gasteiger partial charge in [0.2, 0.25) is 0 Å². The van der Waals surface area contributed by atoms with E-state index in [2.05, 4.69) is 72.0 Å². The first-order chi connectivity index (χ1) is 17.8. The molecule has 6 nitrogen and oxygen atoms in total. The fourth-order valence-electron chi connectivity index (χ4n) is 3.87. The minimum atomic E-state index is 0.581. The molecule has 0 atom stereocenters. The molecule has 202 valence electrons. The van der Waals surface area contributed by atoms with Crippen molar-refractivity contribution in [1.29, 1.82) is 0 Å². The molecule has 0 bridgehead atoms. The number of unbranched alkanes of at least 4 members (excludes halogenated alkanes) is 4. The summed E-state index contributed by atoms with van der Waals surface area (Å²) in [5, 5.41) is 0. The number of ether oxygens (including phenoxy) is 4. The summed E-state index contributed by atoms with van der Waals surface area (Å²) in [5.41, 5.74) is 2.83. The first-order valence-electron chi connectivity index (χ1n) is 14.1. The maximum Gasteiger partial charge on any atom is 0.171 e. The first-order valence-corrected chi connectivity index (χ1v) is 14.1. The lowest BCUT2D eigenvalue weighted by atomic mass is 10.1. The van der Waals surface area contributed by atoms with Gasteiger partial charge < -0.3 is 18.9 Å². The molecule has 0 unspecified atom stereocenters. The van der Waals surface area contributed by atoms with Crippen LogP contribution in [0.5, 0.6) is 0 Å². The summed E-state index contributed by atoms with van der Waals surface area (Å²) in [6, 6.07) is 8.88. The fourth-order valence-corrected chi connectivity index (χ4v) is 3.87. The summed E-state index contributed by atoms with van der Waals surface area (Å²) in [5.74, 6) is 0. The molecular formula is C30H50N2O4+2. The lowest BCUT2D eigenvalue weighted by molar-refractivity contribution is -0.698. The molecule has 2 heterocycles. The SMILES string of the molecule is CCCCCc1cc[n+](CCOCCOCCOCCOCC[n+]2ccc(CCCCC)cc2)cc1. The summed E-state index contributed by atoms with van der Waals surface area (Å²) in [6.07, 6.45) is 18.6. The molecule has 0 radical (unpaired) electrons. The van der Waals surface area contributed by atoms with E-state index in [1.807, 2.05) is 0 Å². The maximum atomic E-state index is 5.68. The number of rotatable bonds is 23. The Balaban J connectivity index is 1.33. The topological polar surface area (TPSA) is 44.7 Å². The largest absolute Gasteiger partial charge is 0.377 e. The van der Waals surface area contributed by atoms with E-state index in [4.69, 9.17) is 18.9 Å². The van der Waals surface area contributed by atoms with Gasteiger partial charge in [-0.15, -0.1) is 0 Å². The van der Waals surface area contributed by atoms with E-state index in [-0.39, 0.29) is 0 Å². The Labute approximate surface area is 219 Å². The Morgan fingerprint density at radius 3 is 1.14 bits per heavy atom. The predicted octanol–water partition coefficient (Wildman–Crippen LogP) is 4.49. The van der Waals surface area contributed by atoms with Crippen molar-refractivity contribution >= 4 is 0 Å². The molecule has 0 saturated heterocycles. The third-order valence-electron chi connectivity index (χ3n) is 6.16. The number of pyridine rings is 2. The minimum Gasteiger partial charge on any atom is -0.377 e. The van der Waals surface area contributed by atoms with Crippen LogP contribution >= 0.6 is 0 Å². The Morgan fingerprint density at radius 1 is 0.472 bits per heavy atom. The van der Waals surface area contributed by atoms with Crippen LogP contribution in [-0.2, 0) is 44.9 Å². The van der Waals surface area contributed by atoms with Gasteiger partial charge in [-0.1, -0.05) is 39.5 Å². The van der Waals surface area contributed by atoms with Gasteiger partial charge in [0, 0.05) is 24.3 Å². The van der Waals surface area contributed by atoms with Crippen LogP contribution < -0.4 is 9.13 Å². The molecule has 2 aromatic heterocycles. The van der Waals surface area contributed by atoms with E-state index in [0.29, 0.717) is 52.9 Å². The molecule has 0 aliphatic carbocycles. The number of nitrogens with zero attached hydrogens (tertiary/aromatic N) is 2. The van der Waals surface area contributed by atoms with Crippen LogP contribution in [0.3, 0.4) is 0 Å². The number of hydrogen-bond acceptors (Lipinski definition) is 4. The van der Waals surface area contributed by atoms with Crippen molar-refractivity contribution < 1.29 is 28.1 Å². The molecule has 0 aliphatic heterocycles. The average molecular weight is 503 g/mol. The summed E-state index contributed by atoms with van der Waals surface area (Å²) in [6.45, 7) is 11.2. The van der Waals surface area contributed by atoms with E-state index in [9.17, 15) is 0 Å². The molecule has 0 fully saturated rings.